The second-order valence-corrected chi connectivity index (χ2v) is 8.56. The molecule has 3 aromatic carbocycles. The van der Waals surface area contributed by atoms with E-state index < -0.39 is 11.9 Å². The molecule has 9 nitrogen and oxygen atoms in total. The number of methoxy groups -OCH3 is 3. The van der Waals surface area contributed by atoms with Crippen molar-refractivity contribution in [2.45, 2.75) is 19.1 Å². The number of amides is 2. The monoisotopic (exact) mass is 526 g/mol. The van der Waals surface area contributed by atoms with Gasteiger partial charge >= 0.3 is 0 Å². The molecule has 0 aliphatic carbocycles. The van der Waals surface area contributed by atoms with E-state index in [2.05, 4.69) is 15.3 Å². The maximum Gasteiger partial charge on any atom is 0.275 e. The largest absolute Gasteiger partial charge is 0.496 e. The summed E-state index contributed by atoms with van der Waals surface area (Å²) in [5, 5.41) is 2.99. The Morgan fingerprint density at radius 1 is 0.846 bits per heavy atom. The third-order valence-corrected chi connectivity index (χ3v) is 6.17. The van der Waals surface area contributed by atoms with E-state index in [1.165, 1.54) is 37.7 Å². The molecule has 200 valence electrons. The minimum absolute atomic E-state index is 0.0667. The molecule has 0 bridgehead atoms. The summed E-state index contributed by atoms with van der Waals surface area (Å²) in [7, 11) is 4.61. The molecule has 0 aliphatic rings. The first-order valence-electron chi connectivity index (χ1n) is 12.3. The van der Waals surface area contributed by atoms with Gasteiger partial charge in [-0.15, -0.1) is 0 Å². The van der Waals surface area contributed by atoms with Crippen LogP contribution in [-0.2, 0) is 17.9 Å². The normalized spacial score (nSPS) is 11.3. The lowest BCUT2D eigenvalue weighted by atomic mass is 10.0. The van der Waals surface area contributed by atoms with Crippen molar-refractivity contribution in [2.75, 3.05) is 21.3 Å². The fourth-order valence-corrected chi connectivity index (χ4v) is 4.23. The van der Waals surface area contributed by atoms with Gasteiger partial charge in [-0.05, 0) is 29.3 Å². The molecule has 1 atom stereocenters. The number of benzene rings is 3. The zero-order valence-corrected chi connectivity index (χ0v) is 22.0. The van der Waals surface area contributed by atoms with E-state index in [-0.39, 0.29) is 24.7 Å². The lowest BCUT2D eigenvalue weighted by Gasteiger charge is -2.32. The molecule has 0 aliphatic heterocycles. The van der Waals surface area contributed by atoms with Crippen molar-refractivity contribution in [1.29, 1.82) is 0 Å². The summed E-state index contributed by atoms with van der Waals surface area (Å²) in [6.45, 7) is 0.350. The van der Waals surface area contributed by atoms with Crippen LogP contribution < -0.4 is 19.5 Å². The van der Waals surface area contributed by atoms with Gasteiger partial charge in [-0.1, -0.05) is 54.6 Å². The highest BCUT2D eigenvalue weighted by Gasteiger charge is 2.34. The topological polar surface area (TPSA) is 103 Å². The summed E-state index contributed by atoms with van der Waals surface area (Å²) in [6.07, 6.45) is 4.31. The summed E-state index contributed by atoms with van der Waals surface area (Å²) in [5.74, 6) is 0.674. The molecule has 1 N–H and O–H groups in total. The minimum Gasteiger partial charge on any atom is -0.496 e. The van der Waals surface area contributed by atoms with Crippen molar-refractivity contribution < 1.29 is 23.8 Å². The molecule has 0 saturated carbocycles. The lowest BCUT2D eigenvalue weighted by Crippen LogP contribution is -2.43. The summed E-state index contributed by atoms with van der Waals surface area (Å²) in [6, 6.07) is 21.0. The van der Waals surface area contributed by atoms with Crippen LogP contribution in [0.15, 0.2) is 91.4 Å². The van der Waals surface area contributed by atoms with Crippen LogP contribution in [0.3, 0.4) is 0 Å². The fraction of sp³-hybridized carbons (Fsp3) is 0.200. The molecular formula is C30H30N4O5. The number of nitrogens with one attached hydrogen (secondary N) is 1. The summed E-state index contributed by atoms with van der Waals surface area (Å²) >= 11 is 0. The maximum atomic E-state index is 14.0. The van der Waals surface area contributed by atoms with Crippen molar-refractivity contribution in [1.82, 2.24) is 20.2 Å². The SMILES string of the molecule is COc1ccccc1CN(C(=O)c1cnccn1)[C@H](C(=O)NCc1ccccc1)c1ccc(OC)c(OC)c1. The second-order valence-electron chi connectivity index (χ2n) is 8.56. The fourth-order valence-electron chi connectivity index (χ4n) is 4.23. The van der Waals surface area contributed by atoms with Crippen LogP contribution in [0.1, 0.15) is 33.2 Å². The van der Waals surface area contributed by atoms with E-state index in [0.29, 0.717) is 22.8 Å². The summed E-state index contributed by atoms with van der Waals surface area (Å²) in [5.41, 5.74) is 2.28. The van der Waals surface area contributed by atoms with Crippen LogP contribution in [0, 0.1) is 0 Å². The summed E-state index contributed by atoms with van der Waals surface area (Å²) < 4.78 is 16.5. The predicted molar refractivity (Wildman–Crippen MR) is 145 cm³/mol. The molecule has 9 heteroatoms. The van der Waals surface area contributed by atoms with E-state index in [1.54, 1.807) is 31.4 Å². The van der Waals surface area contributed by atoms with Gasteiger partial charge in [0, 0.05) is 24.5 Å². The first-order chi connectivity index (χ1) is 19.0. The van der Waals surface area contributed by atoms with Crippen LogP contribution in [0.2, 0.25) is 0 Å². The van der Waals surface area contributed by atoms with E-state index in [9.17, 15) is 9.59 Å². The number of aromatic nitrogens is 2. The number of rotatable bonds is 11. The molecule has 4 aromatic rings. The van der Waals surface area contributed by atoms with Gasteiger partial charge in [0.25, 0.3) is 5.91 Å². The Hall–Kier alpha value is -4.92. The van der Waals surface area contributed by atoms with Crippen LogP contribution in [0.25, 0.3) is 0 Å². The van der Waals surface area contributed by atoms with Crippen LogP contribution >= 0.6 is 0 Å². The Bertz CT molecular complexity index is 1400. The Morgan fingerprint density at radius 3 is 2.26 bits per heavy atom. The Labute approximate surface area is 227 Å². The van der Waals surface area contributed by atoms with Crippen molar-refractivity contribution in [3.05, 3.63) is 114 Å². The quantitative estimate of drug-likeness (QED) is 0.312. The van der Waals surface area contributed by atoms with E-state index in [4.69, 9.17) is 14.2 Å². The highest BCUT2D eigenvalue weighted by atomic mass is 16.5. The zero-order valence-electron chi connectivity index (χ0n) is 22.0. The Morgan fingerprint density at radius 2 is 1.56 bits per heavy atom. The molecule has 1 aromatic heterocycles. The number of para-hydroxylation sites is 1. The number of hydrogen-bond acceptors (Lipinski definition) is 7. The van der Waals surface area contributed by atoms with Gasteiger partial charge in [0.2, 0.25) is 5.91 Å². The highest BCUT2D eigenvalue weighted by molar-refractivity contribution is 5.96. The molecular weight excluding hydrogens is 496 g/mol. The molecule has 0 unspecified atom stereocenters. The van der Waals surface area contributed by atoms with Gasteiger partial charge in [0.1, 0.15) is 17.5 Å². The highest BCUT2D eigenvalue weighted by Crippen LogP contribution is 2.34. The third-order valence-electron chi connectivity index (χ3n) is 6.17. The van der Waals surface area contributed by atoms with Crippen molar-refractivity contribution in [2.24, 2.45) is 0 Å². The third kappa shape index (κ3) is 6.51. The first-order valence-corrected chi connectivity index (χ1v) is 12.3. The molecule has 0 radical (unpaired) electrons. The number of nitrogens with zero attached hydrogens (tertiary/aromatic N) is 3. The number of hydrogen-bond donors (Lipinski definition) is 1. The van der Waals surface area contributed by atoms with Crippen molar-refractivity contribution in [3.63, 3.8) is 0 Å². The van der Waals surface area contributed by atoms with Crippen molar-refractivity contribution >= 4 is 11.8 Å². The Kier molecular flexibility index (Phi) is 9.07. The second kappa shape index (κ2) is 13.0. The average molecular weight is 527 g/mol. The minimum atomic E-state index is -1.05. The smallest absolute Gasteiger partial charge is 0.275 e. The molecule has 1 heterocycles. The van der Waals surface area contributed by atoms with Gasteiger partial charge in [-0.3, -0.25) is 14.6 Å². The van der Waals surface area contributed by atoms with Crippen LogP contribution in [0.4, 0.5) is 0 Å². The van der Waals surface area contributed by atoms with Gasteiger partial charge in [0.15, 0.2) is 11.5 Å². The van der Waals surface area contributed by atoms with Gasteiger partial charge < -0.3 is 24.4 Å². The average Bonchev–Trinajstić information content (AvgIpc) is 3.00. The molecule has 4 rings (SSSR count). The lowest BCUT2D eigenvalue weighted by molar-refractivity contribution is -0.126. The van der Waals surface area contributed by atoms with E-state index >= 15 is 0 Å². The van der Waals surface area contributed by atoms with Gasteiger partial charge in [-0.2, -0.15) is 0 Å². The first kappa shape index (κ1) is 27.1. The van der Waals surface area contributed by atoms with E-state index in [0.717, 1.165) is 11.1 Å². The predicted octanol–water partition coefficient (Wildman–Crippen LogP) is 4.20. The Balaban J connectivity index is 1.81. The number of carbonyl (C=O) groups is 2. The summed E-state index contributed by atoms with van der Waals surface area (Å²) in [4.78, 5) is 37.6. The van der Waals surface area contributed by atoms with Crippen LogP contribution in [0.5, 0.6) is 17.2 Å². The van der Waals surface area contributed by atoms with Gasteiger partial charge in [-0.25, -0.2) is 4.98 Å². The molecule has 0 spiro atoms. The van der Waals surface area contributed by atoms with Gasteiger partial charge in [0.05, 0.1) is 34.1 Å². The molecule has 0 saturated heterocycles. The zero-order chi connectivity index (χ0) is 27.6. The molecule has 0 fully saturated rings. The van der Waals surface area contributed by atoms with Crippen LogP contribution in [-0.4, -0.2) is 48.0 Å². The number of carbonyl (C=O) groups excluding carboxylic acids is 2. The van der Waals surface area contributed by atoms with Crippen molar-refractivity contribution in [3.8, 4) is 17.2 Å². The van der Waals surface area contributed by atoms with E-state index in [1.807, 2.05) is 48.5 Å². The number of ether oxygens (including phenoxy) is 3. The maximum absolute atomic E-state index is 14.0. The standard InChI is InChI=1S/C30H30N4O5/c1-37-25-12-8-7-11-23(25)20-34(30(36)24-19-31-15-16-32-24)28(22-13-14-26(38-2)27(17-22)39-3)29(35)33-18-21-9-5-4-6-10-21/h4-17,19,28H,18,20H2,1-3H3,(H,33,35)/t28-/m0/s1. The molecule has 39 heavy (non-hydrogen) atoms. The molecule has 2 amide bonds.